The van der Waals surface area contributed by atoms with Crippen molar-refractivity contribution in [2.75, 3.05) is 17.7 Å². The first-order chi connectivity index (χ1) is 10.7. The Morgan fingerprint density at radius 3 is 2.77 bits per heavy atom. The van der Waals surface area contributed by atoms with Crippen LogP contribution in [0.25, 0.3) is 0 Å². The molecule has 0 radical (unpaired) electrons. The molecule has 0 amide bonds. The smallest absolute Gasteiger partial charge is 0.216 e. The SMILES string of the molecule is COc1ccc(N2[C@H]3CC[C@@H]2c2c(N)cnc(F)c2C3)cc1. The zero-order valence-corrected chi connectivity index (χ0v) is 12.4. The van der Waals surface area contributed by atoms with E-state index in [0.717, 1.165) is 29.8 Å². The minimum atomic E-state index is -0.365. The lowest BCUT2D eigenvalue weighted by Gasteiger charge is -2.38. The lowest BCUT2D eigenvalue weighted by Crippen LogP contribution is -2.38. The van der Waals surface area contributed by atoms with Gasteiger partial charge in [0.05, 0.1) is 25.0 Å². The number of rotatable bonds is 2. The van der Waals surface area contributed by atoms with Crippen LogP contribution in [0.15, 0.2) is 30.5 Å². The molecule has 4 nitrogen and oxygen atoms in total. The molecule has 2 aliphatic rings. The number of methoxy groups -OCH3 is 1. The van der Waals surface area contributed by atoms with Gasteiger partial charge in [-0.3, -0.25) is 0 Å². The van der Waals surface area contributed by atoms with Gasteiger partial charge in [0.2, 0.25) is 5.95 Å². The molecule has 1 fully saturated rings. The van der Waals surface area contributed by atoms with E-state index < -0.39 is 0 Å². The van der Waals surface area contributed by atoms with E-state index in [-0.39, 0.29) is 12.0 Å². The Hall–Kier alpha value is -2.30. The van der Waals surface area contributed by atoms with Crippen LogP contribution >= 0.6 is 0 Å². The predicted octanol–water partition coefficient (Wildman–Crippen LogP) is 3.08. The zero-order chi connectivity index (χ0) is 15.3. The minimum absolute atomic E-state index is 0.139. The van der Waals surface area contributed by atoms with E-state index in [9.17, 15) is 4.39 Å². The maximum Gasteiger partial charge on any atom is 0.216 e. The molecule has 2 atom stereocenters. The third-order valence-electron chi connectivity index (χ3n) is 4.85. The average Bonchev–Trinajstić information content (AvgIpc) is 2.84. The third-order valence-corrected chi connectivity index (χ3v) is 4.85. The number of nitrogen functional groups attached to an aromatic ring is 1. The number of pyridine rings is 1. The van der Waals surface area contributed by atoms with Crippen LogP contribution in [-0.4, -0.2) is 18.1 Å². The van der Waals surface area contributed by atoms with Crippen molar-refractivity contribution in [3.05, 3.63) is 47.5 Å². The third kappa shape index (κ3) is 1.85. The summed E-state index contributed by atoms with van der Waals surface area (Å²) in [6, 6.07) is 8.48. The van der Waals surface area contributed by atoms with Crippen LogP contribution in [0, 0.1) is 5.95 Å². The lowest BCUT2D eigenvalue weighted by molar-refractivity contribution is 0.414. The highest BCUT2D eigenvalue weighted by atomic mass is 19.1. The van der Waals surface area contributed by atoms with E-state index in [0.29, 0.717) is 23.7 Å². The Bertz CT molecular complexity index is 717. The van der Waals surface area contributed by atoms with Gasteiger partial charge in [-0.1, -0.05) is 0 Å². The van der Waals surface area contributed by atoms with E-state index in [1.165, 1.54) is 6.20 Å². The number of fused-ring (bicyclic) bond motifs is 4. The molecule has 0 unspecified atom stereocenters. The van der Waals surface area contributed by atoms with Gasteiger partial charge in [0.15, 0.2) is 0 Å². The first kappa shape index (κ1) is 13.4. The normalized spacial score (nSPS) is 22.5. The molecule has 4 rings (SSSR count). The summed E-state index contributed by atoms with van der Waals surface area (Å²) in [5, 5.41) is 0. The fraction of sp³-hybridized carbons (Fsp3) is 0.353. The van der Waals surface area contributed by atoms with E-state index >= 15 is 0 Å². The van der Waals surface area contributed by atoms with Crippen molar-refractivity contribution in [1.82, 2.24) is 4.98 Å². The molecule has 1 aromatic carbocycles. The van der Waals surface area contributed by atoms with Gasteiger partial charge in [-0.2, -0.15) is 4.39 Å². The predicted molar refractivity (Wildman–Crippen MR) is 83.5 cm³/mol. The fourth-order valence-corrected chi connectivity index (χ4v) is 3.89. The first-order valence-corrected chi connectivity index (χ1v) is 7.54. The van der Waals surface area contributed by atoms with Crippen molar-refractivity contribution < 1.29 is 9.13 Å². The molecule has 3 heterocycles. The number of anilines is 2. The molecule has 2 N–H and O–H groups in total. The number of hydrogen-bond donors (Lipinski definition) is 1. The number of benzene rings is 1. The maximum absolute atomic E-state index is 14.1. The van der Waals surface area contributed by atoms with Gasteiger partial charge >= 0.3 is 0 Å². The van der Waals surface area contributed by atoms with Crippen LogP contribution in [0.5, 0.6) is 5.75 Å². The van der Waals surface area contributed by atoms with Crippen molar-refractivity contribution in [3.8, 4) is 5.75 Å². The number of hydrogen-bond acceptors (Lipinski definition) is 4. The van der Waals surface area contributed by atoms with Gasteiger partial charge < -0.3 is 15.4 Å². The summed E-state index contributed by atoms with van der Waals surface area (Å²) in [7, 11) is 1.66. The Kier molecular flexibility index (Phi) is 2.96. The second-order valence-electron chi connectivity index (χ2n) is 5.95. The molecule has 22 heavy (non-hydrogen) atoms. The quantitative estimate of drug-likeness (QED) is 0.866. The highest BCUT2D eigenvalue weighted by Gasteiger charge is 2.42. The van der Waals surface area contributed by atoms with Crippen molar-refractivity contribution in [2.45, 2.75) is 31.3 Å². The number of ether oxygens (including phenoxy) is 1. The summed E-state index contributed by atoms with van der Waals surface area (Å²) in [6.45, 7) is 0. The van der Waals surface area contributed by atoms with Gasteiger partial charge in [0, 0.05) is 22.9 Å². The second kappa shape index (κ2) is 4.87. The summed E-state index contributed by atoms with van der Waals surface area (Å²) in [4.78, 5) is 6.15. The molecule has 114 valence electrons. The lowest BCUT2D eigenvalue weighted by atomic mass is 9.93. The zero-order valence-electron chi connectivity index (χ0n) is 12.4. The van der Waals surface area contributed by atoms with E-state index in [1.807, 2.05) is 12.1 Å². The van der Waals surface area contributed by atoms with Crippen molar-refractivity contribution in [1.29, 1.82) is 0 Å². The van der Waals surface area contributed by atoms with E-state index in [4.69, 9.17) is 10.5 Å². The standard InChI is InChI=1S/C17H18FN3O/c1-22-12-5-2-10(3-6-12)21-11-4-7-15(21)16-13(8-11)17(18)20-9-14(16)19/h2-3,5-6,9,11,15H,4,7-8,19H2,1H3/t11-,15+/m0/s1. The highest BCUT2D eigenvalue weighted by molar-refractivity contribution is 5.61. The van der Waals surface area contributed by atoms with Crippen LogP contribution < -0.4 is 15.4 Å². The van der Waals surface area contributed by atoms with Crippen LogP contribution in [0.4, 0.5) is 15.8 Å². The van der Waals surface area contributed by atoms with Gasteiger partial charge in [0.1, 0.15) is 5.75 Å². The van der Waals surface area contributed by atoms with Crippen molar-refractivity contribution in [2.24, 2.45) is 0 Å². The Balaban J connectivity index is 1.78. The number of aromatic nitrogens is 1. The molecule has 2 aliphatic heterocycles. The molecule has 2 bridgehead atoms. The molecule has 1 saturated heterocycles. The molecule has 0 spiro atoms. The minimum Gasteiger partial charge on any atom is -0.497 e. The van der Waals surface area contributed by atoms with E-state index in [2.05, 4.69) is 22.0 Å². The van der Waals surface area contributed by atoms with E-state index in [1.54, 1.807) is 7.11 Å². The Labute approximate surface area is 128 Å². The van der Waals surface area contributed by atoms with Crippen LogP contribution in [0.2, 0.25) is 0 Å². The Morgan fingerprint density at radius 2 is 2.05 bits per heavy atom. The summed E-state index contributed by atoms with van der Waals surface area (Å²) < 4.78 is 19.3. The van der Waals surface area contributed by atoms with Gasteiger partial charge in [-0.05, 0) is 43.5 Å². The fourth-order valence-electron chi connectivity index (χ4n) is 3.89. The summed E-state index contributed by atoms with van der Waals surface area (Å²) in [5.74, 6) is 0.471. The summed E-state index contributed by atoms with van der Waals surface area (Å²) in [5.41, 5.74) is 9.47. The highest BCUT2D eigenvalue weighted by Crippen LogP contribution is 2.48. The molecular formula is C17H18FN3O. The first-order valence-electron chi connectivity index (χ1n) is 7.54. The van der Waals surface area contributed by atoms with Crippen LogP contribution in [-0.2, 0) is 6.42 Å². The molecule has 0 saturated carbocycles. The maximum atomic E-state index is 14.1. The summed E-state index contributed by atoms with van der Waals surface area (Å²) >= 11 is 0. The van der Waals surface area contributed by atoms with Crippen molar-refractivity contribution in [3.63, 3.8) is 0 Å². The van der Waals surface area contributed by atoms with Gasteiger partial charge in [-0.25, -0.2) is 4.98 Å². The molecule has 0 aliphatic carbocycles. The van der Waals surface area contributed by atoms with Crippen LogP contribution in [0.1, 0.15) is 30.0 Å². The number of halogens is 1. The van der Waals surface area contributed by atoms with Crippen molar-refractivity contribution >= 4 is 11.4 Å². The monoisotopic (exact) mass is 299 g/mol. The second-order valence-corrected chi connectivity index (χ2v) is 5.95. The van der Waals surface area contributed by atoms with Gasteiger partial charge in [0.25, 0.3) is 0 Å². The topological polar surface area (TPSA) is 51.4 Å². The number of nitrogens with zero attached hydrogens (tertiary/aromatic N) is 2. The number of nitrogens with two attached hydrogens (primary N) is 1. The van der Waals surface area contributed by atoms with Crippen LogP contribution in [0.3, 0.4) is 0 Å². The Morgan fingerprint density at radius 1 is 1.27 bits per heavy atom. The molecular weight excluding hydrogens is 281 g/mol. The van der Waals surface area contributed by atoms with Gasteiger partial charge in [-0.15, -0.1) is 0 Å². The summed E-state index contributed by atoms with van der Waals surface area (Å²) in [6.07, 6.45) is 4.16. The average molecular weight is 299 g/mol. The molecule has 2 aromatic rings. The largest absolute Gasteiger partial charge is 0.497 e. The molecule has 1 aromatic heterocycles. The molecule has 5 heteroatoms.